The van der Waals surface area contributed by atoms with Crippen molar-refractivity contribution in [3.05, 3.63) is 35.1 Å². The maximum absolute atomic E-state index is 13.7. The lowest BCUT2D eigenvalue weighted by Crippen LogP contribution is -2.15. The van der Waals surface area contributed by atoms with E-state index in [1.54, 1.807) is 0 Å². The molecule has 1 aliphatic carbocycles. The van der Waals surface area contributed by atoms with E-state index in [9.17, 15) is 4.39 Å². The van der Waals surface area contributed by atoms with Gasteiger partial charge in [0.1, 0.15) is 5.82 Å². The molecule has 112 valence electrons. The molecule has 4 heteroatoms. The lowest BCUT2D eigenvalue weighted by Gasteiger charge is -2.10. The van der Waals surface area contributed by atoms with Crippen LogP contribution in [0.5, 0.6) is 0 Å². The largest absolute Gasteiger partial charge is 0.376 e. The smallest absolute Gasteiger partial charge is 0.128 e. The van der Waals surface area contributed by atoms with Crippen molar-refractivity contribution < 1.29 is 13.9 Å². The van der Waals surface area contributed by atoms with Crippen LogP contribution in [0, 0.1) is 5.82 Å². The van der Waals surface area contributed by atoms with Gasteiger partial charge in [-0.3, -0.25) is 0 Å². The molecule has 0 heterocycles. The first-order valence-corrected chi connectivity index (χ1v) is 7.35. The summed E-state index contributed by atoms with van der Waals surface area (Å²) in [5.41, 5.74) is 1.72. The van der Waals surface area contributed by atoms with E-state index in [1.807, 2.05) is 26.0 Å². The molecule has 0 unspecified atom stereocenters. The van der Waals surface area contributed by atoms with E-state index < -0.39 is 0 Å². The zero-order valence-electron chi connectivity index (χ0n) is 12.3. The maximum atomic E-state index is 13.7. The minimum Gasteiger partial charge on any atom is -0.376 e. The highest BCUT2D eigenvalue weighted by molar-refractivity contribution is 5.24. The van der Waals surface area contributed by atoms with Gasteiger partial charge in [0, 0.05) is 18.2 Å². The van der Waals surface area contributed by atoms with Crippen molar-refractivity contribution in [1.29, 1.82) is 0 Å². The number of halogens is 1. The predicted octanol–water partition coefficient (Wildman–Crippen LogP) is 3.02. The molecule has 0 bridgehead atoms. The van der Waals surface area contributed by atoms with Crippen molar-refractivity contribution in [2.75, 3.05) is 13.2 Å². The van der Waals surface area contributed by atoms with Crippen LogP contribution in [0.25, 0.3) is 0 Å². The lowest BCUT2D eigenvalue weighted by molar-refractivity contribution is 0.0136. The maximum Gasteiger partial charge on any atom is 0.128 e. The van der Waals surface area contributed by atoms with Crippen LogP contribution < -0.4 is 5.32 Å². The third-order valence-electron chi connectivity index (χ3n) is 3.22. The predicted molar refractivity (Wildman–Crippen MR) is 77.0 cm³/mol. The van der Waals surface area contributed by atoms with Gasteiger partial charge in [0.25, 0.3) is 0 Å². The van der Waals surface area contributed by atoms with Crippen LogP contribution in [0.2, 0.25) is 0 Å². The second-order valence-electron chi connectivity index (χ2n) is 5.55. The van der Waals surface area contributed by atoms with Crippen LogP contribution in [-0.2, 0) is 22.6 Å². The molecule has 0 radical (unpaired) electrons. The van der Waals surface area contributed by atoms with Gasteiger partial charge in [-0.1, -0.05) is 6.07 Å². The number of hydrogen-bond donors (Lipinski definition) is 1. The molecule has 1 aromatic carbocycles. The zero-order chi connectivity index (χ0) is 14.4. The second-order valence-corrected chi connectivity index (χ2v) is 5.55. The molecule has 0 spiro atoms. The number of rotatable bonds is 9. The summed E-state index contributed by atoms with van der Waals surface area (Å²) in [5, 5.41) is 3.43. The SMILES string of the molecule is CC(C)OCCOCc1cc(CNC2CC2)ccc1F. The third kappa shape index (κ3) is 5.57. The van der Waals surface area contributed by atoms with Crippen LogP contribution in [0.15, 0.2) is 18.2 Å². The highest BCUT2D eigenvalue weighted by atomic mass is 19.1. The van der Waals surface area contributed by atoms with Gasteiger partial charge in [-0.05, 0) is 44.4 Å². The summed E-state index contributed by atoms with van der Waals surface area (Å²) in [6.45, 7) is 6.09. The van der Waals surface area contributed by atoms with Gasteiger partial charge in [0.15, 0.2) is 0 Å². The summed E-state index contributed by atoms with van der Waals surface area (Å²) in [5.74, 6) is -0.204. The molecule has 0 aliphatic heterocycles. The fourth-order valence-electron chi connectivity index (χ4n) is 1.92. The molecule has 0 amide bonds. The molecular weight excluding hydrogens is 257 g/mol. The standard InChI is InChI=1S/C16H24FNO2/c1-12(2)20-8-7-19-11-14-9-13(3-6-16(14)17)10-18-15-4-5-15/h3,6,9,12,15,18H,4-5,7-8,10-11H2,1-2H3. The molecule has 2 rings (SSSR count). The Kier molecular flexibility index (Phi) is 5.95. The first-order valence-electron chi connectivity index (χ1n) is 7.35. The van der Waals surface area contributed by atoms with E-state index >= 15 is 0 Å². The summed E-state index contributed by atoms with van der Waals surface area (Å²) >= 11 is 0. The lowest BCUT2D eigenvalue weighted by atomic mass is 10.1. The normalized spacial score (nSPS) is 15.0. The minimum atomic E-state index is -0.204. The van der Waals surface area contributed by atoms with Crippen molar-refractivity contribution in [1.82, 2.24) is 5.32 Å². The Balaban J connectivity index is 1.75. The van der Waals surface area contributed by atoms with E-state index in [0.29, 0.717) is 31.4 Å². The van der Waals surface area contributed by atoms with Crippen molar-refractivity contribution in [2.24, 2.45) is 0 Å². The van der Waals surface area contributed by atoms with Crippen molar-refractivity contribution in [2.45, 2.75) is 52.0 Å². The van der Waals surface area contributed by atoms with Gasteiger partial charge in [0.05, 0.1) is 25.9 Å². The Morgan fingerprint density at radius 1 is 1.30 bits per heavy atom. The van der Waals surface area contributed by atoms with Gasteiger partial charge in [-0.15, -0.1) is 0 Å². The summed E-state index contributed by atoms with van der Waals surface area (Å²) in [6.07, 6.45) is 2.71. The van der Waals surface area contributed by atoms with Gasteiger partial charge in [-0.2, -0.15) is 0 Å². The van der Waals surface area contributed by atoms with Crippen LogP contribution in [0.3, 0.4) is 0 Å². The molecule has 3 nitrogen and oxygen atoms in total. The number of ether oxygens (including phenoxy) is 2. The van der Waals surface area contributed by atoms with Gasteiger partial charge in [-0.25, -0.2) is 4.39 Å². The molecule has 1 N–H and O–H groups in total. The monoisotopic (exact) mass is 281 g/mol. The topological polar surface area (TPSA) is 30.5 Å². The average molecular weight is 281 g/mol. The van der Waals surface area contributed by atoms with E-state index in [4.69, 9.17) is 9.47 Å². The summed E-state index contributed by atoms with van der Waals surface area (Å²) in [7, 11) is 0. The minimum absolute atomic E-state index is 0.201. The van der Waals surface area contributed by atoms with Crippen molar-refractivity contribution >= 4 is 0 Å². The van der Waals surface area contributed by atoms with Crippen molar-refractivity contribution in [3.8, 4) is 0 Å². The second kappa shape index (κ2) is 7.72. The molecule has 1 aromatic rings. The van der Waals surface area contributed by atoms with Crippen LogP contribution in [0.1, 0.15) is 37.8 Å². The van der Waals surface area contributed by atoms with Crippen molar-refractivity contribution in [3.63, 3.8) is 0 Å². The Morgan fingerprint density at radius 3 is 2.80 bits per heavy atom. The summed E-state index contributed by atoms with van der Waals surface area (Å²) < 4.78 is 24.5. The Labute approximate surface area is 120 Å². The quantitative estimate of drug-likeness (QED) is 0.706. The van der Waals surface area contributed by atoms with Crippen LogP contribution in [-0.4, -0.2) is 25.4 Å². The van der Waals surface area contributed by atoms with Gasteiger partial charge in [0.2, 0.25) is 0 Å². The molecule has 1 fully saturated rings. The molecule has 20 heavy (non-hydrogen) atoms. The Hall–Kier alpha value is -0.970. The fourth-order valence-corrected chi connectivity index (χ4v) is 1.92. The van der Waals surface area contributed by atoms with E-state index in [1.165, 1.54) is 18.9 Å². The number of benzene rings is 1. The molecular formula is C16H24FNO2. The van der Waals surface area contributed by atoms with Gasteiger partial charge < -0.3 is 14.8 Å². The van der Waals surface area contributed by atoms with Gasteiger partial charge >= 0.3 is 0 Å². The average Bonchev–Trinajstić information content (AvgIpc) is 3.22. The molecule has 0 atom stereocenters. The zero-order valence-corrected chi connectivity index (χ0v) is 12.3. The van der Waals surface area contributed by atoms with E-state index in [0.717, 1.165) is 12.1 Å². The first kappa shape index (κ1) is 15.4. The number of nitrogens with one attached hydrogen (secondary N) is 1. The van der Waals surface area contributed by atoms with Crippen LogP contribution >= 0.6 is 0 Å². The molecule has 0 saturated heterocycles. The summed E-state index contributed by atoms with van der Waals surface area (Å²) in [4.78, 5) is 0. The van der Waals surface area contributed by atoms with E-state index in [2.05, 4.69) is 5.32 Å². The summed E-state index contributed by atoms with van der Waals surface area (Å²) in [6, 6.07) is 5.89. The van der Waals surface area contributed by atoms with Crippen LogP contribution in [0.4, 0.5) is 4.39 Å². The number of hydrogen-bond acceptors (Lipinski definition) is 3. The molecule has 1 aliphatic rings. The fraction of sp³-hybridized carbons (Fsp3) is 0.625. The third-order valence-corrected chi connectivity index (χ3v) is 3.22. The molecule has 1 saturated carbocycles. The van der Waals surface area contributed by atoms with E-state index in [-0.39, 0.29) is 11.9 Å². The Bertz CT molecular complexity index is 419. The molecule has 0 aromatic heterocycles. The Morgan fingerprint density at radius 2 is 2.10 bits per heavy atom. The highest BCUT2D eigenvalue weighted by Gasteiger charge is 2.20. The highest BCUT2D eigenvalue weighted by Crippen LogP contribution is 2.20. The first-order chi connectivity index (χ1) is 9.65.